The molecule has 1 aromatic carbocycles. The molecular weight excluding hydrogens is 212 g/mol. The molecule has 0 saturated carbocycles. The summed E-state index contributed by atoms with van der Waals surface area (Å²) in [7, 11) is 0. The van der Waals surface area contributed by atoms with Crippen LogP contribution in [0.15, 0.2) is 24.3 Å². The minimum absolute atomic E-state index is 0.158. The summed E-state index contributed by atoms with van der Waals surface area (Å²) in [5.41, 5.74) is 0.475. The summed E-state index contributed by atoms with van der Waals surface area (Å²) in [6.45, 7) is 9.79. The Bertz CT molecular complexity index is 339. The van der Waals surface area contributed by atoms with Gasteiger partial charge in [0.15, 0.2) is 0 Å². The number of hydrogen-bond donors (Lipinski definition) is 1. The van der Waals surface area contributed by atoms with Gasteiger partial charge in [0, 0.05) is 0 Å². The van der Waals surface area contributed by atoms with Crippen LogP contribution in [0.3, 0.4) is 0 Å². The van der Waals surface area contributed by atoms with E-state index >= 15 is 0 Å². The van der Waals surface area contributed by atoms with Crippen molar-refractivity contribution in [1.82, 2.24) is 0 Å². The maximum absolute atomic E-state index is 9.66. The van der Waals surface area contributed by atoms with Gasteiger partial charge in [-0.15, -0.1) is 0 Å². The number of benzene rings is 1. The van der Waals surface area contributed by atoms with E-state index in [0.717, 1.165) is 18.6 Å². The average Bonchev–Trinajstić information content (AvgIpc) is 2.13. The third-order valence-electron chi connectivity index (χ3n) is 2.37. The predicted octanol–water partition coefficient (Wildman–Crippen LogP) is 3.57. The molecule has 0 saturated heterocycles. The van der Waals surface area contributed by atoms with Gasteiger partial charge in [-0.1, -0.05) is 12.1 Å². The highest BCUT2D eigenvalue weighted by atomic mass is 16.5. The lowest BCUT2D eigenvalue weighted by molar-refractivity contribution is 0.0714. The fourth-order valence-electron chi connectivity index (χ4n) is 1.53. The second-order valence-corrected chi connectivity index (χ2v) is 6.17. The van der Waals surface area contributed by atoms with Crippen LogP contribution in [-0.4, -0.2) is 16.3 Å². The van der Waals surface area contributed by atoms with Crippen molar-refractivity contribution in [2.45, 2.75) is 58.7 Å². The highest BCUT2D eigenvalue weighted by Crippen LogP contribution is 2.20. The molecule has 96 valence electrons. The molecule has 0 aliphatic heterocycles. The molecule has 0 unspecified atom stereocenters. The summed E-state index contributed by atoms with van der Waals surface area (Å²) in [5, 5.41) is 9.66. The molecule has 0 aliphatic carbocycles. The van der Waals surface area contributed by atoms with Gasteiger partial charge >= 0.3 is 0 Å². The van der Waals surface area contributed by atoms with E-state index in [0.29, 0.717) is 0 Å². The van der Waals surface area contributed by atoms with Crippen LogP contribution in [0.2, 0.25) is 0 Å². The molecule has 1 rings (SSSR count). The van der Waals surface area contributed by atoms with Crippen molar-refractivity contribution in [3.63, 3.8) is 0 Å². The van der Waals surface area contributed by atoms with Crippen molar-refractivity contribution < 1.29 is 9.84 Å². The average molecular weight is 236 g/mol. The molecule has 0 amide bonds. The van der Waals surface area contributed by atoms with Gasteiger partial charge in [0.2, 0.25) is 0 Å². The van der Waals surface area contributed by atoms with Crippen molar-refractivity contribution in [2.75, 3.05) is 0 Å². The van der Waals surface area contributed by atoms with E-state index in [-0.39, 0.29) is 5.60 Å². The zero-order valence-electron chi connectivity index (χ0n) is 11.6. The van der Waals surface area contributed by atoms with Crippen LogP contribution in [0.5, 0.6) is 5.75 Å². The quantitative estimate of drug-likeness (QED) is 0.866. The minimum atomic E-state index is -0.597. The van der Waals surface area contributed by atoms with Crippen LogP contribution < -0.4 is 4.74 Å². The summed E-state index contributed by atoms with van der Waals surface area (Å²) in [4.78, 5) is 0. The molecular formula is C15H24O2. The first kappa shape index (κ1) is 14.0. The van der Waals surface area contributed by atoms with E-state index in [2.05, 4.69) is 12.1 Å². The van der Waals surface area contributed by atoms with Gasteiger partial charge in [-0.3, -0.25) is 0 Å². The Hall–Kier alpha value is -1.02. The lowest BCUT2D eigenvalue weighted by Crippen LogP contribution is -2.22. The van der Waals surface area contributed by atoms with Crippen LogP contribution in [0.25, 0.3) is 0 Å². The highest BCUT2D eigenvalue weighted by Gasteiger charge is 2.13. The fourth-order valence-corrected chi connectivity index (χ4v) is 1.53. The summed E-state index contributed by atoms with van der Waals surface area (Å²) in [6, 6.07) is 8.11. The molecule has 0 fully saturated rings. The first-order chi connectivity index (χ1) is 7.66. The summed E-state index contributed by atoms with van der Waals surface area (Å²) >= 11 is 0. The second-order valence-electron chi connectivity index (χ2n) is 6.17. The smallest absolute Gasteiger partial charge is 0.120 e. The number of rotatable bonds is 4. The molecule has 1 aromatic rings. The van der Waals surface area contributed by atoms with Crippen LogP contribution in [-0.2, 0) is 6.42 Å². The van der Waals surface area contributed by atoms with E-state index in [1.165, 1.54) is 5.56 Å². The Labute approximate surface area is 105 Å². The summed E-state index contributed by atoms with van der Waals surface area (Å²) in [6.07, 6.45) is 1.66. The number of hydrogen-bond acceptors (Lipinski definition) is 2. The largest absolute Gasteiger partial charge is 0.488 e. The molecule has 0 heterocycles. The minimum Gasteiger partial charge on any atom is -0.488 e. The van der Waals surface area contributed by atoms with Crippen molar-refractivity contribution in [3.8, 4) is 5.75 Å². The topological polar surface area (TPSA) is 29.5 Å². The normalized spacial score (nSPS) is 12.6. The van der Waals surface area contributed by atoms with Crippen LogP contribution in [0.4, 0.5) is 0 Å². The zero-order valence-corrected chi connectivity index (χ0v) is 11.6. The van der Waals surface area contributed by atoms with Gasteiger partial charge in [0.1, 0.15) is 11.4 Å². The molecule has 2 heteroatoms. The van der Waals surface area contributed by atoms with Gasteiger partial charge in [-0.05, 0) is 65.2 Å². The van der Waals surface area contributed by atoms with E-state index in [4.69, 9.17) is 4.74 Å². The Morgan fingerprint density at radius 3 is 1.94 bits per heavy atom. The molecule has 0 aliphatic rings. The second kappa shape index (κ2) is 5.09. The summed E-state index contributed by atoms with van der Waals surface area (Å²) < 4.78 is 5.75. The molecule has 0 bridgehead atoms. The third kappa shape index (κ3) is 6.32. The van der Waals surface area contributed by atoms with Gasteiger partial charge in [0.25, 0.3) is 0 Å². The standard InChI is InChI=1S/C15H24O2/c1-14(2,3)17-13-8-6-12(7-9-13)10-11-15(4,5)16/h6-9,16H,10-11H2,1-5H3. The first-order valence-corrected chi connectivity index (χ1v) is 6.16. The molecule has 2 nitrogen and oxygen atoms in total. The molecule has 1 N–H and O–H groups in total. The Morgan fingerprint density at radius 1 is 1.00 bits per heavy atom. The van der Waals surface area contributed by atoms with E-state index in [9.17, 15) is 5.11 Å². The highest BCUT2D eigenvalue weighted by molar-refractivity contribution is 5.27. The van der Waals surface area contributed by atoms with Gasteiger partial charge in [-0.2, -0.15) is 0 Å². The maximum atomic E-state index is 9.66. The fraction of sp³-hybridized carbons (Fsp3) is 0.600. The van der Waals surface area contributed by atoms with E-state index in [1.807, 2.05) is 46.8 Å². The third-order valence-corrected chi connectivity index (χ3v) is 2.37. The van der Waals surface area contributed by atoms with Crippen molar-refractivity contribution >= 4 is 0 Å². The predicted molar refractivity (Wildman–Crippen MR) is 71.4 cm³/mol. The molecule has 0 aromatic heterocycles. The Kier molecular flexibility index (Phi) is 4.21. The van der Waals surface area contributed by atoms with Crippen molar-refractivity contribution in [2.24, 2.45) is 0 Å². The Balaban J connectivity index is 2.56. The number of aliphatic hydroxyl groups is 1. The lowest BCUT2D eigenvalue weighted by Gasteiger charge is -2.21. The van der Waals surface area contributed by atoms with Gasteiger partial charge in [-0.25, -0.2) is 0 Å². The van der Waals surface area contributed by atoms with Crippen LogP contribution in [0.1, 0.15) is 46.6 Å². The molecule has 0 atom stereocenters. The van der Waals surface area contributed by atoms with Gasteiger partial charge < -0.3 is 9.84 Å². The Morgan fingerprint density at radius 2 is 1.53 bits per heavy atom. The number of aryl methyl sites for hydroxylation is 1. The van der Waals surface area contributed by atoms with Crippen molar-refractivity contribution in [1.29, 1.82) is 0 Å². The molecule has 0 spiro atoms. The van der Waals surface area contributed by atoms with Crippen LogP contribution in [0, 0.1) is 0 Å². The lowest BCUT2D eigenvalue weighted by atomic mass is 9.99. The van der Waals surface area contributed by atoms with Crippen molar-refractivity contribution in [3.05, 3.63) is 29.8 Å². The SMILES string of the molecule is CC(C)(O)CCc1ccc(OC(C)(C)C)cc1. The zero-order chi connectivity index (χ0) is 13.1. The van der Waals surface area contributed by atoms with E-state index in [1.54, 1.807) is 0 Å². The van der Waals surface area contributed by atoms with Gasteiger partial charge in [0.05, 0.1) is 5.60 Å². The summed E-state index contributed by atoms with van der Waals surface area (Å²) in [5.74, 6) is 0.893. The monoisotopic (exact) mass is 236 g/mol. The molecule has 0 radical (unpaired) electrons. The van der Waals surface area contributed by atoms with E-state index < -0.39 is 5.60 Å². The number of ether oxygens (including phenoxy) is 1. The van der Waals surface area contributed by atoms with Crippen LogP contribution >= 0.6 is 0 Å². The molecule has 17 heavy (non-hydrogen) atoms. The first-order valence-electron chi connectivity index (χ1n) is 6.16. The maximum Gasteiger partial charge on any atom is 0.120 e.